The highest BCUT2D eigenvalue weighted by molar-refractivity contribution is 5.80. The van der Waals surface area contributed by atoms with Crippen molar-refractivity contribution in [2.75, 3.05) is 19.6 Å². The summed E-state index contributed by atoms with van der Waals surface area (Å²) in [6.07, 6.45) is 4.25. The van der Waals surface area contributed by atoms with Gasteiger partial charge in [-0.1, -0.05) is 0 Å². The van der Waals surface area contributed by atoms with E-state index in [4.69, 9.17) is 4.74 Å². The quantitative estimate of drug-likeness (QED) is 0.741. The fourth-order valence-electron chi connectivity index (χ4n) is 2.47. The first-order valence-electron chi connectivity index (χ1n) is 6.39. The first kappa shape index (κ1) is 11.9. The summed E-state index contributed by atoms with van der Waals surface area (Å²) in [5.74, 6) is 0.819. The van der Waals surface area contributed by atoms with Crippen LogP contribution in [0.3, 0.4) is 0 Å². The third-order valence-corrected chi connectivity index (χ3v) is 3.54. The monoisotopic (exact) mass is 226 g/mol. The van der Waals surface area contributed by atoms with E-state index in [1.807, 2.05) is 6.92 Å². The van der Waals surface area contributed by atoms with Crippen molar-refractivity contribution >= 4 is 5.91 Å². The second kappa shape index (κ2) is 5.64. The first-order valence-corrected chi connectivity index (χ1v) is 6.39. The van der Waals surface area contributed by atoms with Crippen molar-refractivity contribution in [3.05, 3.63) is 0 Å². The van der Waals surface area contributed by atoms with Gasteiger partial charge in [0.05, 0.1) is 6.10 Å². The molecule has 4 nitrogen and oxygen atoms in total. The van der Waals surface area contributed by atoms with Crippen LogP contribution in [0.15, 0.2) is 0 Å². The Morgan fingerprint density at radius 2 is 2.31 bits per heavy atom. The molecule has 2 aliphatic heterocycles. The number of carbonyl (C=O) groups excluding carboxylic acids is 1. The number of hydrogen-bond acceptors (Lipinski definition) is 3. The summed E-state index contributed by atoms with van der Waals surface area (Å²) in [4.78, 5) is 11.7. The van der Waals surface area contributed by atoms with Crippen LogP contribution >= 0.6 is 0 Å². The molecule has 16 heavy (non-hydrogen) atoms. The molecule has 2 N–H and O–H groups in total. The Labute approximate surface area is 97.1 Å². The van der Waals surface area contributed by atoms with Gasteiger partial charge >= 0.3 is 0 Å². The van der Waals surface area contributed by atoms with Crippen molar-refractivity contribution in [3.8, 4) is 0 Å². The average Bonchev–Trinajstić information content (AvgIpc) is 2.89. The highest BCUT2D eigenvalue weighted by atomic mass is 16.5. The largest absolute Gasteiger partial charge is 0.365 e. The summed E-state index contributed by atoms with van der Waals surface area (Å²) in [7, 11) is 0. The highest BCUT2D eigenvalue weighted by Gasteiger charge is 2.27. The Bertz CT molecular complexity index is 239. The molecule has 2 aliphatic rings. The number of rotatable bonds is 4. The fourth-order valence-corrected chi connectivity index (χ4v) is 2.47. The molecule has 0 bridgehead atoms. The van der Waals surface area contributed by atoms with Crippen LogP contribution in [0.5, 0.6) is 0 Å². The van der Waals surface area contributed by atoms with Crippen LogP contribution in [-0.4, -0.2) is 37.7 Å². The van der Waals surface area contributed by atoms with Crippen LogP contribution in [0.25, 0.3) is 0 Å². The molecule has 0 spiro atoms. The van der Waals surface area contributed by atoms with Gasteiger partial charge in [0.15, 0.2) is 0 Å². The van der Waals surface area contributed by atoms with Gasteiger partial charge in [0, 0.05) is 6.54 Å². The van der Waals surface area contributed by atoms with Gasteiger partial charge in [0.25, 0.3) is 0 Å². The van der Waals surface area contributed by atoms with E-state index in [9.17, 15) is 4.79 Å². The van der Waals surface area contributed by atoms with Crippen LogP contribution < -0.4 is 10.6 Å². The summed E-state index contributed by atoms with van der Waals surface area (Å²) in [5, 5.41) is 6.31. The lowest BCUT2D eigenvalue weighted by molar-refractivity contribution is -0.131. The van der Waals surface area contributed by atoms with Crippen molar-refractivity contribution in [2.45, 2.75) is 44.8 Å². The lowest BCUT2D eigenvalue weighted by Gasteiger charge is -2.13. The molecule has 2 rings (SSSR count). The van der Waals surface area contributed by atoms with Crippen LogP contribution in [0.1, 0.15) is 32.6 Å². The third kappa shape index (κ3) is 3.19. The summed E-state index contributed by atoms with van der Waals surface area (Å²) in [6, 6.07) is 0. The summed E-state index contributed by atoms with van der Waals surface area (Å²) >= 11 is 0. The molecule has 3 unspecified atom stereocenters. The molecular weight excluding hydrogens is 204 g/mol. The predicted octanol–water partition coefficient (Wildman–Crippen LogP) is 0.670. The lowest BCUT2D eigenvalue weighted by atomic mass is 10.1. The Morgan fingerprint density at radius 3 is 2.94 bits per heavy atom. The summed E-state index contributed by atoms with van der Waals surface area (Å²) in [6.45, 7) is 5.05. The van der Waals surface area contributed by atoms with Crippen molar-refractivity contribution in [2.24, 2.45) is 5.92 Å². The highest BCUT2D eigenvalue weighted by Crippen LogP contribution is 2.19. The molecular formula is C12H22N2O2. The molecule has 2 saturated heterocycles. The molecule has 0 aromatic rings. The normalized spacial score (nSPS) is 34.2. The number of nitrogens with one attached hydrogen (secondary N) is 2. The van der Waals surface area contributed by atoms with Crippen LogP contribution in [0, 0.1) is 5.92 Å². The Hall–Kier alpha value is -0.610. The molecule has 4 heteroatoms. The van der Waals surface area contributed by atoms with Gasteiger partial charge < -0.3 is 15.4 Å². The van der Waals surface area contributed by atoms with E-state index in [-0.39, 0.29) is 18.1 Å². The summed E-state index contributed by atoms with van der Waals surface area (Å²) < 4.78 is 5.52. The minimum absolute atomic E-state index is 0.0790. The van der Waals surface area contributed by atoms with E-state index >= 15 is 0 Å². The smallest absolute Gasteiger partial charge is 0.249 e. The van der Waals surface area contributed by atoms with E-state index in [1.54, 1.807) is 0 Å². The van der Waals surface area contributed by atoms with Crippen molar-refractivity contribution in [1.29, 1.82) is 0 Å². The maximum Gasteiger partial charge on any atom is 0.249 e. The molecule has 1 amide bonds. The average molecular weight is 226 g/mol. The molecule has 2 heterocycles. The molecule has 0 radical (unpaired) electrons. The minimum Gasteiger partial charge on any atom is -0.365 e. The molecule has 3 atom stereocenters. The molecule has 0 saturated carbocycles. The minimum atomic E-state index is -0.197. The Balaban J connectivity index is 1.60. The molecule has 0 aromatic heterocycles. The zero-order valence-corrected chi connectivity index (χ0v) is 10.00. The van der Waals surface area contributed by atoms with Gasteiger partial charge in [0.2, 0.25) is 5.91 Å². The fraction of sp³-hybridized carbons (Fsp3) is 0.917. The predicted molar refractivity (Wildman–Crippen MR) is 62.2 cm³/mol. The Morgan fingerprint density at radius 1 is 1.44 bits per heavy atom. The number of hydrogen-bond donors (Lipinski definition) is 2. The standard InChI is InChI=1S/C12H22N2O2/c1-9-2-3-11(16-9)12(15)14-7-5-10-4-6-13-8-10/h9-11,13H,2-8H2,1H3,(H,14,15). The zero-order chi connectivity index (χ0) is 11.4. The maximum atomic E-state index is 11.7. The van der Waals surface area contributed by atoms with Gasteiger partial charge in [-0.15, -0.1) is 0 Å². The van der Waals surface area contributed by atoms with E-state index < -0.39 is 0 Å². The van der Waals surface area contributed by atoms with Crippen molar-refractivity contribution < 1.29 is 9.53 Å². The van der Waals surface area contributed by atoms with Gasteiger partial charge in [0.1, 0.15) is 6.10 Å². The van der Waals surface area contributed by atoms with Gasteiger partial charge in [-0.25, -0.2) is 0 Å². The second-order valence-electron chi connectivity index (χ2n) is 4.95. The lowest BCUT2D eigenvalue weighted by Crippen LogP contribution is -2.35. The van der Waals surface area contributed by atoms with E-state index in [2.05, 4.69) is 10.6 Å². The van der Waals surface area contributed by atoms with Gasteiger partial charge in [-0.05, 0) is 51.6 Å². The number of carbonyl (C=O) groups is 1. The number of amides is 1. The number of ether oxygens (including phenoxy) is 1. The van der Waals surface area contributed by atoms with Crippen LogP contribution in [0.2, 0.25) is 0 Å². The zero-order valence-electron chi connectivity index (χ0n) is 10.00. The molecule has 0 aromatic carbocycles. The van der Waals surface area contributed by atoms with Crippen molar-refractivity contribution in [1.82, 2.24) is 10.6 Å². The first-order chi connectivity index (χ1) is 7.75. The van der Waals surface area contributed by atoms with Crippen LogP contribution in [0.4, 0.5) is 0 Å². The van der Waals surface area contributed by atoms with Gasteiger partial charge in [-0.2, -0.15) is 0 Å². The molecule has 2 fully saturated rings. The van der Waals surface area contributed by atoms with Crippen molar-refractivity contribution in [3.63, 3.8) is 0 Å². The Kier molecular flexibility index (Phi) is 4.18. The SMILES string of the molecule is CC1CCC(C(=O)NCCC2CCNC2)O1. The topological polar surface area (TPSA) is 50.4 Å². The molecule has 0 aliphatic carbocycles. The second-order valence-corrected chi connectivity index (χ2v) is 4.95. The maximum absolute atomic E-state index is 11.7. The van der Waals surface area contributed by atoms with Gasteiger partial charge in [-0.3, -0.25) is 4.79 Å². The third-order valence-electron chi connectivity index (χ3n) is 3.54. The van der Waals surface area contributed by atoms with E-state index in [0.717, 1.165) is 44.8 Å². The van der Waals surface area contributed by atoms with Crippen LogP contribution in [-0.2, 0) is 9.53 Å². The molecule has 92 valence electrons. The van der Waals surface area contributed by atoms with E-state index in [1.165, 1.54) is 6.42 Å². The summed E-state index contributed by atoms with van der Waals surface area (Å²) in [5.41, 5.74) is 0. The van der Waals surface area contributed by atoms with E-state index in [0.29, 0.717) is 0 Å².